The minimum absolute atomic E-state index is 0.142. The van der Waals surface area contributed by atoms with Crippen molar-refractivity contribution in [3.8, 4) is 0 Å². The van der Waals surface area contributed by atoms with E-state index < -0.39 is 0 Å². The number of hydrogen-bond acceptors (Lipinski definition) is 5. The van der Waals surface area contributed by atoms with Gasteiger partial charge in [-0.2, -0.15) is 11.8 Å². The third kappa shape index (κ3) is 1.58. The summed E-state index contributed by atoms with van der Waals surface area (Å²) in [6.07, 6.45) is 3.32. The van der Waals surface area contributed by atoms with Crippen molar-refractivity contribution in [2.24, 2.45) is 5.92 Å². The second-order valence-electron chi connectivity index (χ2n) is 4.47. The molecule has 1 N–H and O–H groups in total. The van der Waals surface area contributed by atoms with Crippen molar-refractivity contribution in [3.05, 3.63) is 18.1 Å². The molecule has 0 radical (unpaired) electrons. The fourth-order valence-electron chi connectivity index (χ4n) is 2.57. The van der Waals surface area contributed by atoms with Gasteiger partial charge >= 0.3 is 0 Å². The molecular formula is C11H15N3OS. The number of aromatic nitrogens is 2. The van der Waals surface area contributed by atoms with Crippen LogP contribution in [0.3, 0.4) is 0 Å². The highest BCUT2D eigenvalue weighted by molar-refractivity contribution is 8.00. The first kappa shape index (κ1) is 10.4. The van der Waals surface area contributed by atoms with Gasteiger partial charge in [0, 0.05) is 42.4 Å². The molecule has 0 amide bonds. The first-order chi connectivity index (χ1) is 7.75. The van der Waals surface area contributed by atoms with Crippen LogP contribution < -0.4 is 4.90 Å². The summed E-state index contributed by atoms with van der Waals surface area (Å²) < 4.78 is 0. The molecule has 1 aromatic heterocycles. The van der Waals surface area contributed by atoms with E-state index in [-0.39, 0.29) is 6.10 Å². The Balaban J connectivity index is 1.82. The van der Waals surface area contributed by atoms with Crippen LogP contribution in [0.4, 0.5) is 5.82 Å². The molecule has 2 saturated heterocycles. The van der Waals surface area contributed by atoms with Crippen LogP contribution in [0.15, 0.2) is 12.4 Å². The van der Waals surface area contributed by atoms with E-state index in [1.54, 1.807) is 12.4 Å². The molecule has 0 bridgehead atoms. The predicted octanol–water partition coefficient (Wildman–Crippen LogP) is 0.698. The molecule has 3 unspecified atom stereocenters. The minimum Gasteiger partial charge on any atom is -0.392 e. The van der Waals surface area contributed by atoms with Gasteiger partial charge in [0.2, 0.25) is 0 Å². The standard InChI is InChI=1S/C11H15N3OS/c1-7-11(13-3-2-12-7)14-4-8-9(15)6-16-10(8)5-14/h2-3,8-10,15H,4-6H2,1H3. The highest BCUT2D eigenvalue weighted by atomic mass is 32.2. The number of nitrogens with zero attached hydrogens (tertiary/aromatic N) is 3. The van der Waals surface area contributed by atoms with Crippen molar-refractivity contribution in [1.29, 1.82) is 0 Å². The Hall–Kier alpha value is -0.810. The summed E-state index contributed by atoms with van der Waals surface area (Å²) >= 11 is 1.89. The van der Waals surface area contributed by atoms with Crippen LogP contribution >= 0.6 is 11.8 Å². The predicted molar refractivity (Wildman–Crippen MR) is 64.7 cm³/mol. The molecule has 3 atom stereocenters. The molecule has 4 nitrogen and oxygen atoms in total. The first-order valence-corrected chi connectivity index (χ1v) is 6.63. The van der Waals surface area contributed by atoms with Gasteiger partial charge < -0.3 is 10.0 Å². The molecule has 0 spiro atoms. The molecule has 0 aromatic carbocycles. The molecule has 3 heterocycles. The Morgan fingerprint density at radius 2 is 2.19 bits per heavy atom. The summed E-state index contributed by atoms with van der Waals surface area (Å²) in [7, 11) is 0. The smallest absolute Gasteiger partial charge is 0.150 e. The molecular weight excluding hydrogens is 222 g/mol. The van der Waals surface area contributed by atoms with Gasteiger partial charge in [-0.3, -0.25) is 4.98 Å². The summed E-state index contributed by atoms with van der Waals surface area (Å²) in [5.41, 5.74) is 0.974. The molecule has 3 rings (SSSR count). The Labute approximate surface area is 99.1 Å². The lowest BCUT2D eigenvalue weighted by Crippen LogP contribution is -2.26. The molecule has 2 aliphatic heterocycles. The van der Waals surface area contributed by atoms with Gasteiger partial charge in [0.05, 0.1) is 11.8 Å². The SMILES string of the molecule is Cc1nccnc1N1CC2SCC(O)C2C1. The van der Waals surface area contributed by atoms with E-state index in [0.29, 0.717) is 11.2 Å². The zero-order valence-electron chi connectivity index (χ0n) is 9.21. The summed E-state index contributed by atoms with van der Waals surface area (Å²) in [6.45, 7) is 3.89. The van der Waals surface area contributed by atoms with E-state index in [4.69, 9.17) is 0 Å². The Bertz CT molecular complexity index is 401. The minimum atomic E-state index is -0.142. The maximum atomic E-state index is 9.85. The normalized spacial score (nSPS) is 33.1. The van der Waals surface area contributed by atoms with Crippen LogP contribution in [-0.2, 0) is 0 Å². The molecule has 1 aromatic rings. The van der Waals surface area contributed by atoms with Crippen LogP contribution in [0.2, 0.25) is 0 Å². The maximum Gasteiger partial charge on any atom is 0.150 e. The lowest BCUT2D eigenvalue weighted by atomic mass is 10.0. The van der Waals surface area contributed by atoms with Crippen molar-refractivity contribution in [3.63, 3.8) is 0 Å². The molecule has 2 aliphatic rings. The van der Waals surface area contributed by atoms with Gasteiger partial charge in [0.15, 0.2) is 0 Å². The largest absolute Gasteiger partial charge is 0.392 e. The lowest BCUT2D eigenvalue weighted by Gasteiger charge is -2.20. The van der Waals surface area contributed by atoms with E-state index in [2.05, 4.69) is 14.9 Å². The highest BCUT2D eigenvalue weighted by Crippen LogP contribution is 2.39. The fourth-order valence-corrected chi connectivity index (χ4v) is 4.07. The van der Waals surface area contributed by atoms with E-state index >= 15 is 0 Å². The monoisotopic (exact) mass is 237 g/mol. The Kier molecular flexibility index (Phi) is 2.52. The molecule has 86 valence electrons. The molecule has 16 heavy (non-hydrogen) atoms. The number of hydrogen-bond donors (Lipinski definition) is 1. The number of thioether (sulfide) groups is 1. The summed E-state index contributed by atoms with van der Waals surface area (Å²) in [5, 5.41) is 10.4. The summed E-state index contributed by atoms with van der Waals surface area (Å²) in [4.78, 5) is 10.9. The zero-order valence-corrected chi connectivity index (χ0v) is 10.0. The second kappa shape index (κ2) is 3.89. The number of aliphatic hydroxyl groups is 1. The first-order valence-electron chi connectivity index (χ1n) is 5.58. The lowest BCUT2D eigenvalue weighted by molar-refractivity contribution is 0.152. The van der Waals surface area contributed by atoms with Gasteiger partial charge in [-0.15, -0.1) is 0 Å². The Morgan fingerprint density at radius 3 is 2.94 bits per heavy atom. The van der Waals surface area contributed by atoms with E-state index in [9.17, 15) is 5.11 Å². The number of anilines is 1. The highest BCUT2D eigenvalue weighted by Gasteiger charge is 2.43. The van der Waals surface area contributed by atoms with Crippen molar-refractivity contribution < 1.29 is 5.11 Å². The topological polar surface area (TPSA) is 49.2 Å². The third-order valence-electron chi connectivity index (χ3n) is 3.44. The van der Waals surface area contributed by atoms with Gasteiger partial charge in [-0.05, 0) is 6.92 Å². The third-order valence-corrected chi connectivity index (χ3v) is 4.90. The summed E-state index contributed by atoms with van der Waals surface area (Å²) in [6, 6.07) is 0. The van der Waals surface area contributed by atoms with Crippen LogP contribution in [0.25, 0.3) is 0 Å². The van der Waals surface area contributed by atoms with Gasteiger partial charge in [0.25, 0.3) is 0 Å². The molecule has 2 fully saturated rings. The average molecular weight is 237 g/mol. The van der Waals surface area contributed by atoms with Crippen LogP contribution in [0.1, 0.15) is 5.69 Å². The van der Waals surface area contributed by atoms with E-state index in [1.165, 1.54) is 0 Å². The number of fused-ring (bicyclic) bond motifs is 1. The van der Waals surface area contributed by atoms with Gasteiger partial charge in [-0.25, -0.2) is 4.98 Å². The van der Waals surface area contributed by atoms with Crippen molar-refractivity contribution >= 4 is 17.6 Å². The number of rotatable bonds is 1. The van der Waals surface area contributed by atoms with Crippen molar-refractivity contribution in [1.82, 2.24) is 9.97 Å². The summed E-state index contributed by atoms with van der Waals surface area (Å²) in [5.74, 6) is 2.28. The molecule has 0 aliphatic carbocycles. The Morgan fingerprint density at radius 1 is 1.38 bits per heavy atom. The zero-order chi connectivity index (χ0) is 11.1. The molecule has 0 saturated carbocycles. The van der Waals surface area contributed by atoms with Crippen LogP contribution in [0, 0.1) is 12.8 Å². The number of aryl methyl sites for hydroxylation is 1. The average Bonchev–Trinajstić information content (AvgIpc) is 2.82. The fraction of sp³-hybridized carbons (Fsp3) is 0.636. The van der Waals surface area contributed by atoms with Crippen molar-refractivity contribution in [2.75, 3.05) is 23.7 Å². The van der Waals surface area contributed by atoms with Crippen molar-refractivity contribution in [2.45, 2.75) is 18.3 Å². The van der Waals surface area contributed by atoms with Gasteiger partial charge in [-0.1, -0.05) is 0 Å². The quantitative estimate of drug-likeness (QED) is 0.779. The number of aliphatic hydroxyl groups excluding tert-OH is 1. The van der Waals surface area contributed by atoms with Crippen LogP contribution in [0.5, 0.6) is 0 Å². The van der Waals surface area contributed by atoms with E-state index in [1.807, 2.05) is 18.7 Å². The van der Waals surface area contributed by atoms with Crippen LogP contribution in [-0.4, -0.2) is 45.3 Å². The van der Waals surface area contributed by atoms with Gasteiger partial charge in [0.1, 0.15) is 5.82 Å². The maximum absolute atomic E-state index is 9.85. The van der Waals surface area contributed by atoms with E-state index in [0.717, 1.165) is 30.4 Å². The molecule has 5 heteroatoms. The second-order valence-corrected chi connectivity index (χ2v) is 5.75.